The van der Waals surface area contributed by atoms with E-state index in [-0.39, 0.29) is 5.95 Å². The van der Waals surface area contributed by atoms with Gasteiger partial charge in [0.2, 0.25) is 11.9 Å². The minimum atomic E-state index is 0.261. The van der Waals surface area contributed by atoms with Gasteiger partial charge < -0.3 is 15.4 Å². The number of rotatable bonds is 2. The van der Waals surface area contributed by atoms with Gasteiger partial charge in [-0.15, -0.1) is 11.3 Å². The molecule has 0 spiro atoms. The average Bonchev–Trinajstić information content (AvgIpc) is 2.85. The molecule has 1 fully saturated rings. The van der Waals surface area contributed by atoms with Crippen molar-refractivity contribution in [2.75, 3.05) is 36.9 Å². The van der Waals surface area contributed by atoms with E-state index in [9.17, 15) is 0 Å². The Kier molecular flexibility index (Phi) is 3.31. The lowest BCUT2D eigenvalue weighted by atomic mass is 10.2. The molecular formula is C12H15N5OS. The van der Waals surface area contributed by atoms with Gasteiger partial charge in [-0.25, -0.2) is 0 Å². The number of morpholine rings is 1. The van der Waals surface area contributed by atoms with Crippen molar-refractivity contribution < 1.29 is 4.74 Å². The molecule has 2 N–H and O–H groups in total. The highest BCUT2D eigenvalue weighted by molar-refractivity contribution is 7.10. The van der Waals surface area contributed by atoms with E-state index >= 15 is 0 Å². The van der Waals surface area contributed by atoms with Gasteiger partial charge in [-0.2, -0.15) is 15.0 Å². The maximum atomic E-state index is 5.81. The van der Waals surface area contributed by atoms with Crippen molar-refractivity contribution in [3.8, 4) is 11.4 Å². The van der Waals surface area contributed by atoms with Crippen LogP contribution in [0.3, 0.4) is 0 Å². The van der Waals surface area contributed by atoms with Crippen LogP contribution >= 0.6 is 11.3 Å². The van der Waals surface area contributed by atoms with Crippen molar-refractivity contribution in [3.63, 3.8) is 0 Å². The highest BCUT2D eigenvalue weighted by atomic mass is 32.1. The van der Waals surface area contributed by atoms with E-state index < -0.39 is 0 Å². The van der Waals surface area contributed by atoms with E-state index in [0.29, 0.717) is 25.0 Å². The fourth-order valence-electron chi connectivity index (χ4n) is 2.02. The second kappa shape index (κ2) is 5.10. The Morgan fingerprint density at radius 3 is 2.74 bits per heavy atom. The summed E-state index contributed by atoms with van der Waals surface area (Å²) in [6, 6.07) is 2.01. The summed E-state index contributed by atoms with van der Waals surface area (Å²) in [6.07, 6.45) is 0. The number of nitrogens with zero attached hydrogens (tertiary/aromatic N) is 4. The molecule has 0 amide bonds. The number of ether oxygens (including phenoxy) is 1. The third-order valence-electron chi connectivity index (χ3n) is 3.03. The summed E-state index contributed by atoms with van der Waals surface area (Å²) in [5.41, 5.74) is 6.83. The predicted molar refractivity (Wildman–Crippen MR) is 75.3 cm³/mol. The van der Waals surface area contributed by atoms with Gasteiger partial charge in [0.1, 0.15) is 0 Å². The fraction of sp³-hybridized carbons (Fsp3) is 0.417. The minimum absolute atomic E-state index is 0.261. The van der Waals surface area contributed by atoms with Crippen molar-refractivity contribution in [2.45, 2.75) is 6.92 Å². The Morgan fingerprint density at radius 2 is 2.05 bits per heavy atom. The van der Waals surface area contributed by atoms with Gasteiger partial charge in [-0.3, -0.25) is 0 Å². The van der Waals surface area contributed by atoms with Crippen LogP contribution in [0.1, 0.15) is 4.88 Å². The van der Waals surface area contributed by atoms with Crippen LogP contribution in [0.25, 0.3) is 11.4 Å². The molecule has 0 radical (unpaired) electrons. The van der Waals surface area contributed by atoms with Gasteiger partial charge in [0.15, 0.2) is 5.82 Å². The summed E-state index contributed by atoms with van der Waals surface area (Å²) in [7, 11) is 0. The number of aryl methyl sites for hydroxylation is 1. The molecule has 6 nitrogen and oxygen atoms in total. The third kappa shape index (κ3) is 2.52. The first-order valence-electron chi connectivity index (χ1n) is 6.13. The van der Waals surface area contributed by atoms with Crippen LogP contribution in [-0.4, -0.2) is 41.3 Å². The molecule has 2 aromatic rings. The number of thiophene rings is 1. The number of anilines is 2. The van der Waals surface area contributed by atoms with Crippen LogP contribution in [0.15, 0.2) is 11.4 Å². The Balaban J connectivity index is 1.98. The highest BCUT2D eigenvalue weighted by Crippen LogP contribution is 2.26. The Morgan fingerprint density at radius 1 is 1.26 bits per heavy atom. The molecule has 0 atom stereocenters. The molecule has 2 aromatic heterocycles. The zero-order valence-electron chi connectivity index (χ0n) is 10.7. The standard InChI is InChI=1S/C12H15N5OS/c1-8-9(2-7-19-8)10-14-11(13)16-12(15-10)17-3-5-18-6-4-17/h2,7H,3-6H2,1H3,(H2,13,14,15,16). The fourth-order valence-corrected chi connectivity index (χ4v) is 2.72. The number of hydrogen-bond acceptors (Lipinski definition) is 7. The van der Waals surface area contributed by atoms with E-state index in [0.717, 1.165) is 18.7 Å². The van der Waals surface area contributed by atoms with Gasteiger partial charge >= 0.3 is 0 Å². The van der Waals surface area contributed by atoms with Crippen LogP contribution < -0.4 is 10.6 Å². The van der Waals surface area contributed by atoms with Crippen molar-refractivity contribution in [2.24, 2.45) is 0 Å². The molecule has 0 unspecified atom stereocenters. The molecule has 1 aliphatic rings. The first-order valence-corrected chi connectivity index (χ1v) is 7.01. The molecule has 3 rings (SSSR count). The van der Waals surface area contributed by atoms with Gasteiger partial charge in [0, 0.05) is 23.5 Å². The van der Waals surface area contributed by atoms with E-state index in [1.165, 1.54) is 4.88 Å². The normalized spacial score (nSPS) is 15.7. The molecule has 0 saturated carbocycles. The van der Waals surface area contributed by atoms with E-state index in [4.69, 9.17) is 10.5 Å². The monoisotopic (exact) mass is 277 g/mol. The van der Waals surface area contributed by atoms with Gasteiger partial charge in [0.25, 0.3) is 0 Å². The van der Waals surface area contributed by atoms with Gasteiger partial charge in [-0.1, -0.05) is 0 Å². The molecule has 0 bridgehead atoms. The smallest absolute Gasteiger partial charge is 0.230 e. The maximum absolute atomic E-state index is 5.81. The Hall–Kier alpha value is -1.73. The molecule has 0 aliphatic carbocycles. The molecular weight excluding hydrogens is 262 g/mol. The minimum Gasteiger partial charge on any atom is -0.378 e. The molecule has 0 aromatic carbocycles. The van der Waals surface area contributed by atoms with Crippen LogP contribution in [0, 0.1) is 6.92 Å². The molecule has 7 heteroatoms. The number of nitrogens with two attached hydrogens (primary N) is 1. The van der Waals surface area contributed by atoms with Crippen molar-refractivity contribution in [1.82, 2.24) is 15.0 Å². The van der Waals surface area contributed by atoms with Crippen LogP contribution in [0.2, 0.25) is 0 Å². The zero-order chi connectivity index (χ0) is 13.2. The quantitative estimate of drug-likeness (QED) is 0.892. The lowest BCUT2D eigenvalue weighted by Crippen LogP contribution is -2.37. The highest BCUT2D eigenvalue weighted by Gasteiger charge is 2.17. The number of hydrogen-bond donors (Lipinski definition) is 1. The Bertz CT molecular complexity index is 579. The second-order valence-electron chi connectivity index (χ2n) is 4.31. The van der Waals surface area contributed by atoms with Crippen molar-refractivity contribution in [1.29, 1.82) is 0 Å². The van der Waals surface area contributed by atoms with Crippen molar-refractivity contribution in [3.05, 3.63) is 16.3 Å². The van der Waals surface area contributed by atoms with E-state index in [1.54, 1.807) is 11.3 Å². The average molecular weight is 277 g/mol. The van der Waals surface area contributed by atoms with Crippen LogP contribution in [0.5, 0.6) is 0 Å². The van der Waals surface area contributed by atoms with E-state index in [2.05, 4.69) is 19.9 Å². The summed E-state index contributed by atoms with van der Waals surface area (Å²) in [5, 5.41) is 2.03. The first-order chi connectivity index (χ1) is 9.24. The van der Waals surface area contributed by atoms with Gasteiger partial charge in [0.05, 0.1) is 13.2 Å². The molecule has 19 heavy (non-hydrogen) atoms. The lowest BCUT2D eigenvalue weighted by molar-refractivity contribution is 0.122. The third-order valence-corrected chi connectivity index (χ3v) is 3.88. The summed E-state index contributed by atoms with van der Waals surface area (Å²) >= 11 is 1.67. The predicted octanol–water partition coefficient (Wildman–Crippen LogP) is 1.33. The first kappa shape index (κ1) is 12.3. The van der Waals surface area contributed by atoms with Crippen LogP contribution in [0.4, 0.5) is 11.9 Å². The lowest BCUT2D eigenvalue weighted by Gasteiger charge is -2.26. The summed E-state index contributed by atoms with van der Waals surface area (Å²) in [6.45, 7) is 5.00. The Labute approximate surface area is 115 Å². The summed E-state index contributed by atoms with van der Waals surface area (Å²) < 4.78 is 5.33. The second-order valence-corrected chi connectivity index (χ2v) is 5.43. The number of aromatic nitrogens is 3. The number of nitrogen functional groups attached to an aromatic ring is 1. The largest absolute Gasteiger partial charge is 0.378 e. The van der Waals surface area contributed by atoms with Crippen molar-refractivity contribution >= 4 is 23.2 Å². The van der Waals surface area contributed by atoms with E-state index in [1.807, 2.05) is 18.4 Å². The molecule has 3 heterocycles. The van der Waals surface area contributed by atoms with Gasteiger partial charge in [-0.05, 0) is 18.4 Å². The SMILES string of the molecule is Cc1sccc1-c1nc(N)nc(N2CCOCC2)n1. The maximum Gasteiger partial charge on any atom is 0.230 e. The summed E-state index contributed by atoms with van der Waals surface area (Å²) in [4.78, 5) is 16.3. The molecule has 1 aliphatic heterocycles. The molecule has 100 valence electrons. The molecule has 1 saturated heterocycles. The zero-order valence-corrected chi connectivity index (χ0v) is 11.5. The topological polar surface area (TPSA) is 77.2 Å². The summed E-state index contributed by atoms with van der Waals surface area (Å²) in [5.74, 6) is 1.54. The van der Waals surface area contributed by atoms with Crippen LogP contribution in [-0.2, 0) is 4.74 Å².